The number of benzene rings is 1. The minimum absolute atomic E-state index is 0.170. The van der Waals surface area contributed by atoms with Gasteiger partial charge >= 0.3 is 6.03 Å². The van der Waals surface area contributed by atoms with Gasteiger partial charge in [-0.1, -0.05) is 6.58 Å². The van der Waals surface area contributed by atoms with E-state index >= 15 is 0 Å². The second kappa shape index (κ2) is 6.25. The van der Waals surface area contributed by atoms with Crippen molar-refractivity contribution in [3.05, 3.63) is 54.7 Å². The summed E-state index contributed by atoms with van der Waals surface area (Å²) in [5.41, 5.74) is 3.07. The molecule has 1 aromatic carbocycles. The number of carbonyl (C=O) groups is 1. The van der Waals surface area contributed by atoms with E-state index in [0.29, 0.717) is 22.7 Å². The Kier molecular flexibility index (Phi) is 3.91. The molecule has 0 aliphatic carbocycles. The number of nitrogens with one attached hydrogen (secondary N) is 1. The average molecular weight is 351 g/mol. The molecule has 1 aliphatic heterocycles. The summed E-state index contributed by atoms with van der Waals surface area (Å²) in [5.74, 6) is 0.0647. The second-order valence-corrected chi connectivity index (χ2v) is 6.42. The molecule has 4 rings (SSSR count). The van der Waals surface area contributed by atoms with Crippen molar-refractivity contribution in [1.82, 2.24) is 19.3 Å². The first-order valence-electron chi connectivity index (χ1n) is 8.38. The number of imidazole rings is 1. The fourth-order valence-electron chi connectivity index (χ4n) is 2.76. The van der Waals surface area contributed by atoms with Gasteiger partial charge in [-0.15, -0.1) is 0 Å². The van der Waals surface area contributed by atoms with Crippen molar-refractivity contribution < 1.29 is 9.18 Å². The average Bonchev–Trinajstić information content (AvgIpc) is 2.97. The van der Waals surface area contributed by atoms with Gasteiger partial charge in [0.15, 0.2) is 0 Å². The third kappa shape index (κ3) is 2.92. The molecule has 0 atom stereocenters. The highest BCUT2D eigenvalue weighted by molar-refractivity contribution is 5.90. The number of fused-ring (bicyclic) bond motifs is 1. The van der Waals surface area contributed by atoms with E-state index in [4.69, 9.17) is 0 Å². The summed E-state index contributed by atoms with van der Waals surface area (Å²) in [6.07, 6.45) is 6.28. The summed E-state index contributed by atoms with van der Waals surface area (Å²) in [4.78, 5) is 22.4. The molecule has 1 fully saturated rings. The van der Waals surface area contributed by atoms with Crippen molar-refractivity contribution >= 4 is 23.1 Å². The van der Waals surface area contributed by atoms with E-state index in [-0.39, 0.29) is 6.03 Å². The number of hydrogen-bond acceptors (Lipinski definition) is 3. The Bertz CT molecular complexity index is 1020. The lowest BCUT2D eigenvalue weighted by atomic mass is 10.1. The molecule has 132 valence electrons. The van der Waals surface area contributed by atoms with E-state index < -0.39 is 5.82 Å². The molecule has 3 heterocycles. The van der Waals surface area contributed by atoms with Crippen LogP contribution in [-0.2, 0) is 0 Å². The third-order valence-electron chi connectivity index (χ3n) is 4.44. The fourth-order valence-corrected chi connectivity index (χ4v) is 2.76. The van der Waals surface area contributed by atoms with Crippen LogP contribution in [0.3, 0.4) is 0 Å². The van der Waals surface area contributed by atoms with Crippen molar-refractivity contribution in [3.8, 4) is 11.3 Å². The van der Waals surface area contributed by atoms with Gasteiger partial charge in [0.25, 0.3) is 0 Å². The van der Waals surface area contributed by atoms with Gasteiger partial charge in [-0.2, -0.15) is 0 Å². The summed E-state index contributed by atoms with van der Waals surface area (Å²) < 4.78 is 16.1. The first kappa shape index (κ1) is 16.3. The highest BCUT2D eigenvalue weighted by Gasteiger charge is 2.20. The highest BCUT2D eigenvalue weighted by atomic mass is 19.1. The van der Waals surface area contributed by atoms with Crippen LogP contribution in [0.5, 0.6) is 0 Å². The van der Waals surface area contributed by atoms with Crippen LogP contribution < -0.4 is 5.32 Å². The fraction of sp³-hybridized carbons (Fsp3) is 0.211. The summed E-state index contributed by atoms with van der Waals surface area (Å²) in [7, 11) is 0. The van der Waals surface area contributed by atoms with Crippen LogP contribution in [0.15, 0.2) is 43.4 Å². The minimum Gasteiger partial charge on any atom is -0.324 e. The molecule has 0 bridgehead atoms. The number of halogens is 1. The lowest BCUT2D eigenvalue weighted by Gasteiger charge is -2.30. The number of carbonyl (C=O) groups excluding carboxylic acids is 1. The zero-order chi connectivity index (χ0) is 18.3. The van der Waals surface area contributed by atoms with Crippen LogP contribution in [0.4, 0.5) is 14.9 Å². The first-order valence-corrected chi connectivity index (χ1v) is 8.38. The lowest BCUT2D eigenvalue weighted by molar-refractivity contribution is 0.181. The molecule has 1 N–H and O–H groups in total. The minimum atomic E-state index is -0.407. The SMILES string of the molecule is C=C(C)c1cnc2nc(-c3cc(NC(=O)N4CCC4)ccc3F)cn2c1. The number of amides is 2. The van der Waals surface area contributed by atoms with Crippen molar-refractivity contribution in [2.45, 2.75) is 13.3 Å². The number of rotatable bonds is 3. The molecular formula is C19H18FN5O. The van der Waals surface area contributed by atoms with Crippen LogP contribution in [0.2, 0.25) is 0 Å². The predicted molar refractivity (Wildman–Crippen MR) is 98.3 cm³/mol. The Morgan fingerprint density at radius 1 is 1.31 bits per heavy atom. The highest BCUT2D eigenvalue weighted by Crippen LogP contribution is 2.26. The van der Waals surface area contributed by atoms with Crippen molar-refractivity contribution in [3.63, 3.8) is 0 Å². The number of aromatic nitrogens is 3. The Morgan fingerprint density at radius 3 is 2.81 bits per heavy atom. The van der Waals surface area contributed by atoms with Crippen LogP contribution in [0.1, 0.15) is 18.9 Å². The molecule has 1 saturated heterocycles. The smallest absolute Gasteiger partial charge is 0.321 e. The molecule has 2 amide bonds. The molecule has 1 aliphatic rings. The van der Waals surface area contributed by atoms with Crippen LogP contribution in [-0.4, -0.2) is 38.4 Å². The van der Waals surface area contributed by atoms with Gasteiger partial charge in [0.2, 0.25) is 5.78 Å². The van der Waals surface area contributed by atoms with E-state index in [1.54, 1.807) is 33.8 Å². The molecule has 0 saturated carbocycles. The standard InChI is InChI=1S/C19H18FN5O/c1-12(2)13-9-21-18-23-17(11-25(18)10-13)15-8-14(4-5-16(15)20)22-19(26)24-6-3-7-24/h4-5,8-11H,1,3,6-7H2,2H3,(H,22,26). The van der Waals surface area contributed by atoms with E-state index in [0.717, 1.165) is 30.6 Å². The molecule has 2 aromatic heterocycles. The maximum absolute atomic E-state index is 14.4. The second-order valence-electron chi connectivity index (χ2n) is 6.42. The van der Waals surface area contributed by atoms with Crippen LogP contribution >= 0.6 is 0 Å². The topological polar surface area (TPSA) is 62.5 Å². The maximum Gasteiger partial charge on any atom is 0.321 e. The maximum atomic E-state index is 14.4. The molecule has 3 aromatic rings. The monoisotopic (exact) mass is 351 g/mol. The van der Waals surface area contributed by atoms with Crippen molar-refractivity contribution in [2.75, 3.05) is 18.4 Å². The van der Waals surface area contributed by atoms with E-state index in [9.17, 15) is 9.18 Å². The Labute approximate surface area is 150 Å². The number of nitrogens with zero attached hydrogens (tertiary/aromatic N) is 4. The quantitative estimate of drug-likeness (QED) is 0.780. The number of anilines is 1. The Hall–Kier alpha value is -3.22. The number of hydrogen-bond donors (Lipinski definition) is 1. The van der Waals surface area contributed by atoms with Crippen LogP contribution in [0.25, 0.3) is 22.6 Å². The van der Waals surface area contributed by atoms with Gasteiger partial charge in [-0.3, -0.25) is 4.40 Å². The largest absolute Gasteiger partial charge is 0.324 e. The van der Waals surface area contributed by atoms with Gasteiger partial charge in [-0.05, 0) is 37.1 Å². The zero-order valence-electron chi connectivity index (χ0n) is 14.4. The number of likely N-dealkylation sites (tertiary alicyclic amines) is 1. The molecule has 7 heteroatoms. The molecule has 26 heavy (non-hydrogen) atoms. The van der Waals surface area contributed by atoms with Crippen LogP contribution in [0, 0.1) is 5.82 Å². The molecule has 0 unspecified atom stereocenters. The normalized spacial score (nSPS) is 13.5. The molecular weight excluding hydrogens is 333 g/mol. The summed E-state index contributed by atoms with van der Waals surface area (Å²) in [6, 6.07) is 4.30. The zero-order valence-corrected chi connectivity index (χ0v) is 14.4. The molecule has 0 radical (unpaired) electrons. The summed E-state index contributed by atoms with van der Waals surface area (Å²) >= 11 is 0. The Balaban J connectivity index is 1.67. The predicted octanol–water partition coefficient (Wildman–Crippen LogP) is 3.81. The van der Waals surface area contributed by atoms with E-state index in [2.05, 4.69) is 21.9 Å². The van der Waals surface area contributed by atoms with E-state index in [1.807, 2.05) is 13.1 Å². The number of urea groups is 1. The molecule has 0 spiro atoms. The molecule has 6 nitrogen and oxygen atoms in total. The summed E-state index contributed by atoms with van der Waals surface area (Å²) in [5, 5.41) is 2.80. The van der Waals surface area contributed by atoms with Crippen molar-refractivity contribution in [1.29, 1.82) is 0 Å². The van der Waals surface area contributed by atoms with E-state index in [1.165, 1.54) is 6.07 Å². The van der Waals surface area contributed by atoms with Gasteiger partial charge in [0.1, 0.15) is 5.82 Å². The first-order chi connectivity index (χ1) is 12.5. The number of allylic oxidation sites excluding steroid dienone is 1. The lowest BCUT2D eigenvalue weighted by Crippen LogP contribution is -2.44. The summed E-state index contributed by atoms with van der Waals surface area (Å²) in [6.45, 7) is 7.30. The van der Waals surface area contributed by atoms with Gasteiger partial charge in [-0.25, -0.2) is 19.2 Å². The van der Waals surface area contributed by atoms with Crippen molar-refractivity contribution in [2.24, 2.45) is 0 Å². The third-order valence-corrected chi connectivity index (χ3v) is 4.44. The van der Waals surface area contributed by atoms with Gasteiger partial charge in [0.05, 0.1) is 5.69 Å². The Morgan fingerprint density at radius 2 is 2.12 bits per heavy atom. The van der Waals surface area contributed by atoms with Gasteiger partial charge < -0.3 is 10.2 Å². The van der Waals surface area contributed by atoms with Gasteiger partial charge in [0, 0.05) is 48.5 Å².